The summed E-state index contributed by atoms with van der Waals surface area (Å²) in [7, 11) is 3.87. The van der Waals surface area contributed by atoms with Crippen LogP contribution in [0.25, 0.3) is 0 Å². The predicted molar refractivity (Wildman–Crippen MR) is 82.2 cm³/mol. The third kappa shape index (κ3) is 4.09. The highest BCUT2D eigenvalue weighted by atomic mass is 16.5. The van der Waals surface area contributed by atoms with Crippen LogP contribution in [0.15, 0.2) is 30.9 Å². The lowest BCUT2D eigenvalue weighted by Crippen LogP contribution is -2.28. The molecule has 1 fully saturated rings. The number of allylic oxidation sites excluding steroid dienone is 1. The van der Waals surface area contributed by atoms with E-state index in [4.69, 9.17) is 9.47 Å². The molecule has 3 nitrogen and oxygen atoms in total. The summed E-state index contributed by atoms with van der Waals surface area (Å²) < 4.78 is 11.1. The van der Waals surface area contributed by atoms with Crippen molar-refractivity contribution < 1.29 is 9.47 Å². The van der Waals surface area contributed by atoms with E-state index in [1.807, 2.05) is 12.1 Å². The highest BCUT2D eigenvalue weighted by Crippen LogP contribution is 2.22. The van der Waals surface area contributed by atoms with Crippen molar-refractivity contribution in [1.29, 1.82) is 0 Å². The second-order valence-electron chi connectivity index (χ2n) is 5.47. The van der Waals surface area contributed by atoms with Gasteiger partial charge in [0.15, 0.2) is 0 Å². The van der Waals surface area contributed by atoms with Crippen LogP contribution in [-0.4, -0.2) is 38.3 Å². The fourth-order valence-electron chi connectivity index (χ4n) is 2.76. The Labute approximate surface area is 122 Å². The number of rotatable bonds is 7. The monoisotopic (exact) mass is 275 g/mol. The van der Waals surface area contributed by atoms with Gasteiger partial charge in [0.1, 0.15) is 5.75 Å². The van der Waals surface area contributed by atoms with Gasteiger partial charge in [-0.05, 0) is 43.5 Å². The van der Waals surface area contributed by atoms with Crippen LogP contribution >= 0.6 is 0 Å². The van der Waals surface area contributed by atoms with Crippen molar-refractivity contribution in [2.24, 2.45) is 0 Å². The van der Waals surface area contributed by atoms with Gasteiger partial charge in [0.2, 0.25) is 0 Å². The molecule has 0 bridgehead atoms. The van der Waals surface area contributed by atoms with Crippen molar-refractivity contribution in [2.75, 3.05) is 27.3 Å². The number of likely N-dealkylation sites (N-methyl/N-ethyl adjacent to an activating group) is 1. The van der Waals surface area contributed by atoms with E-state index in [1.54, 1.807) is 7.11 Å². The van der Waals surface area contributed by atoms with Gasteiger partial charge in [0, 0.05) is 19.7 Å². The molecule has 0 unspecified atom stereocenters. The first kappa shape index (κ1) is 15.1. The van der Waals surface area contributed by atoms with Crippen molar-refractivity contribution in [3.63, 3.8) is 0 Å². The predicted octanol–water partition coefficient (Wildman–Crippen LogP) is 3.03. The Morgan fingerprint density at radius 2 is 2.35 bits per heavy atom. The maximum Gasteiger partial charge on any atom is 0.122 e. The molecule has 20 heavy (non-hydrogen) atoms. The van der Waals surface area contributed by atoms with Crippen LogP contribution in [0.5, 0.6) is 5.75 Å². The molecule has 0 N–H and O–H groups in total. The molecule has 0 aliphatic carbocycles. The average Bonchev–Trinajstić information content (AvgIpc) is 2.92. The first-order valence-corrected chi connectivity index (χ1v) is 7.29. The molecule has 1 aromatic rings. The maximum atomic E-state index is 5.69. The summed E-state index contributed by atoms with van der Waals surface area (Å²) in [6.45, 7) is 6.67. The standard InChI is InChI=1S/C17H25NO2/c1-4-6-15-11-14(8-9-17(15)19-3)12-18(2)13-16-7-5-10-20-16/h4,8-9,11,16H,1,5-7,10,12-13H2,2-3H3/t16-/m0/s1. The summed E-state index contributed by atoms with van der Waals surface area (Å²) >= 11 is 0. The van der Waals surface area contributed by atoms with E-state index >= 15 is 0 Å². The smallest absolute Gasteiger partial charge is 0.122 e. The Hall–Kier alpha value is -1.32. The first-order chi connectivity index (χ1) is 9.72. The molecule has 1 heterocycles. The summed E-state index contributed by atoms with van der Waals surface area (Å²) in [4.78, 5) is 2.33. The zero-order valence-electron chi connectivity index (χ0n) is 12.6. The molecule has 2 rings (SSSR count). The second-order valence-corrected chi connectivity index (χ2v) is 5.47. The number of ether oxygens (including phenoxy) is 2. The van der Waals surface area contributed by atoms with Gasteiger partial charge in [-0.25, -0.2) is 0 Å². The number of hydrogen-bond donors (Lipinski definition) is 0. The largest absolute Gasteiger partial charge is 0.496 e. The van der Waals surface area contributed by atoms with Gasteiger partial charge in [-0.2, -0.15) is 0 Å². The molecular formula is C17H25NO2. The summed E-state index contributed by atoms with van der Waals surface area (Å²) in [5.41, 5.74) is 2.51. The Morgan fingerprint density at radius 3 is 3.00 bits per heavy atom. The van der Waals surface area contributed by atoms with E-state index in [1.165, 1.54) is 24.0 Å². The number of benzene rings is 1. The molecule has 1 atom stereocenters. The third-order valence-corrected chi connectivity index (χ3v) is 3.70. The molecule has 3 heteroatoms. The molecule has 1 saturated heterocycles. The van der Waals surface area contributed by atoms with Gasteiger partial charge in [-0.15, -0.1) is 6.58 Å². The van der Waals surface area contributed by atoms with E-state index in [-0.39, 0.29) is 0 Å². The first-order valence-electron chi connectivity index (χ1n) is 7.29. The lowest BCUT2D eigenvalue weighted by atomic mass is 10.1. The van der Waals surface area contributed by atoms with Gasteiger partial charge in [0.05, 0.1) is 13.2 Å². The lowest BCUT2D eigenvalue weighted by molar-refractivity contribution is 0.0793. The van der Waals surface area contributed by atoms with Crippen molar-refractivity contribution in [1.82, 2.24) is 4.90 Å². The molecule has 0 spiro atoms. The molecule has 0 aromatic heterocycles. The van der Waals surface area contributed by atoms with Crippen molar-refractivity contribution >= 4 is 0 Å². The Morgan fingerprint density at radius 1 is 1.50 bits per heavy atom. The van der Waals surface area contributed by atoms with Crippen LogP contribution in [0.2, 0.25) is 0 Å². The summed E-state index contributed by atoms with van der Waals surface area (Å²) in [6, 6.07) is 6.40. The summed E-state index contributed by atoms with van der Waals surface area (Å²) in [5.74, 6) is 0.940. The van der Waals surface area contributed by atoms with Crippen LogP contribution in [-0.2, 0) is 17.7 Å². The number of hydrogen-bond acceptors (Lipinski definition) is 3. The van der Waals surface area contributed by atoms with Crippen LogP contribution in [0.3, 0.4) is 0 Å². The molecule has 0 saturated carbocycles. The average molecular weight is 275 g/mol. The molecule has 0 amide bonds. The molecule has 0 radical (unpaired) electrons. The SMILES string of the molecule is C=CCc1cc(CN(C)C[C@@H]2CCCO2)ccc1OC. The van der Waals surface area contributed by atoms with Crippen molar-refractivity contribution in [3.05, 3.63) is 42.0 Å². The molecule has 110 valence electrons. The molecule has 1 aromatic carbocycles. The fraction of sp³-hybridized carbons (Fsp3) is 0.529. The van der Waals surface area contributed by atoms with E-state index in [2.05, 4.69) is 30.7 Å². The highest BCUT2D eigenvalue weighted by Gasteiger charge is 2.17. The zero-order chi connectivity index (χ0) is 14.4. The minimum atomic E-state index is 0.408. The summed E-state index contributed by atoms with van der Waals surface area (Å²) in [6.07, 6.45) is 5.55. The second kappa shape index (κ2) is 7.46. The van der Waals surface area contributed by atoms with E-state index in [0.29, 0.717) is 6.10 Å². The van der Waals surface area contributed by atoms with Crippen LogP contribution < -0.4 is 4.74 Å². The molecular weight excluding hydrogens is 250 g/mol. The zero-order valence-corrected chi connectivity index (χ0v) is 12.6. The minimum Gasteiger partial charge on any atom is -0.496 e. The molecule has 1 aliphatic heterocycles. The topological polar surface area (TPSA) is 21.7 Å². The Bertz CT molecular complexity index is 439. The van der Waals surface area contributed by atoms with E-state index in [9.17, 15) is 0 Å². The van der Waals surface area contributed by atoms with Gasteiger partial charge in [-0.1, -0.05) is 18.2 Å². The summed E-state index contributed by atoms with van der Waals surface area (Å²) in [5, 5.41) is 0. The molecule has 1 aliphatic rings. The van der Waals surface area contributed by atoms with E-state index in [0.717, 1.165) is 31.9 Å². The van der Waals surface area contributed by atoms with Crippen molar-refractivity contribution in [2.45, 2.75) is 31.9 Å². The quantitative estimate of drug-likeness (QED) is 0.714. The van der Waals surface area contributed by atoms with Gasteiger partial charge < -0.3 is 9.47 Å². The normalized spacial score (nSPS) is 18.4. The van der Waals surface area contributed by atoms with Gasteiger partial charge in [0.25, 0.3) is 0 Å². The number of methoxy groups -OCH3 is 1. The Balaban J connectivity index is 1.97. The van der Waals surface area contributed by atoms with Crippen LogP contribution in [0, 0.1) is 0 Å². The van der Waals surface area contributed by atoms with E-state index < -0.39 is 0 Å². The fourth-order valence-corrected chi connectivity index (χ4v) is 2.76. The number of nitrogens with zero attached hydrogens (tertiary/aromatic N) is 1. The minimum absolute atomic E-state index is 0.408. The van der Waals surface area contributed by atoms with Crippen molar-refractivity contribution in [3.8, 4) is 5.75 Å². The van der Waals surface area contributed by atoms with Gasteiger partial charge >= 0.3 is 0 Å². The highest BCUT2D eigenvalue weighted by molar-refractivity contribution is 5.38. The Kier molecular flexibility index (Phi) is 5.62. The van der Waals surface area contributed by atoms with Crippen LogP contribution in [0.1, 0.15) is 24.0 Å². The lowest BCUT2D eigenvalue weighted by Gasteiger charge is -2.21. The maximum absolute atomic E-state index is 5.69. The third-order valence-electron chi connectivity index (χ3n) is 3.70. The van der Waals surface area contributed by atoms with Crippen LogP contribution in [0.4, 0.5) is 0 Å². The van der Waals surface area contributed by atoms with Gasteiger partial charge in [-0.3, -0.25) is 4.90 Å².